The van der Waals surface area contributed by atoms with Crippen LogP contribution in [0.2, 0.25) is 0 Å². The van der Waals surface area contributed by atoms with Crippen LogP contribution in [-0.2, 0) is 6.18 Å². The minimum Gasteiger partial charge on any atom is -0.507 e. The molecule has 2 aromatic heterocycles. The number of likely N-dealkylation sites (N-methyl/N-ethyl adjacent to an activating group) is 1. The van der Waals surface area contributed by atoms with Crippen LogP contribution in [0.15, 0.2) is 30.5 Å². The van der Waals surface area contributed by atoms with Gasteiger partial charge in [0.05, 0.1) is 17.0 Å². The SMILES string of the molecule is Cc1cc(C(F)(F)F)cc(O)c1-c1ccc2ncc([C@@H]3CCCN(C)C3)nc2n1. The van der Waals surface area contributed by atoms with Gasteiger partial charge in [0.25, 0.3) is 0 Å². The molecule has 0 radical (unpaired) electrons. The van der Waals surface area contributed by atoms with Crippen molar-refractivity contribution in [3.63, 3.8) is 0 Å². The molecule has 0 spiro atoms. The zero-order valence-corrected chi connectivity index (χ0v) is 16.2. The molecular formula is C21H21F3N4O. The topological polar surface area (TPSA) is 62.1 Å². The third kappa shape index (κ3) is 3.89. The van der Waals surface area contributed by atoms with Gasteiger partial charge < -0.3 is 10.0 Å². The summed E-state index contributed by atoms with van der Waals surface area (Å²) in [5, 5.41) is 10.3. The first-order chi connectivity index (χ1) is 13.7. The number of fused-ring (bicyclic) bond motifs is 1. The molecule has 1 aliphatic rings. The number of aryl methyl sites for hydroxylation is 1. The molecule has 3 heterocycles. The Morgan fingerprint density at radius 1 is 1.17 bits per heavy atom. The van der Waals surface area contributed by atoms with E-state index in [1.54, 1.807) is 18.3 Å². The lowest BCUT2D eigenvalue weighted by atomic mass is 9.95. The second-order valence-corrected chi connectivity index (χ2v) is 7.62. The number of hydrogen-bond acceptors (Lipinski definition) is 5. The molecular weight excluding hydrogens is 381 g/mol. The lowest BCUT2D eigenvalue weighted by molar-refractivity contribution is -0.137. The molecule has 1 N–H and O–H groups in total. The monoisotopic (exact) mass is 402 g/mol. The van der Waals surface area contributed by atoms with E-state index in [4.69, 9.17) is 0 Å². The van der Waals surface area contributed by atoms with Crippen LogP contribution in [0.3, 0.4) is 0 Å². The third-order valence-electron chi connectivity index (χ3n) is 5.37. The Kier molecular flexibility index (Phi) is 4.90. The lowest BCUT2D eigenvalue weighted by Gasteiger charge is -2.29. The molecule has 3 aromatic rings. The number of aromatic nitrogens is 3. The molecule has 8 heteroatoms. The van der Waals surface area contributed by atoms with E-state index < -0.39 is 17.5 Å². The molecule has 0 aliphatic carbocycles. The Balaban J connectivity index is 1.75. The van der Waals surface area contributed by atoms with E-state index in [9.17, 15) is 18.3 Å². The largest absolute Gasteiger partial charge is 0.507 e. The molecule has 152 valence electrons. The van der Waals surface area contributed by atoms with Gasteiger partial charge in [-0.1, -0.05) is 0 Å². The summed E-state index contributed by atoms with van der Waals surface area (Å²) in [4.78, 5) is 15.9. The summed E-state index contributed by atoms with van der Waals surface area (Å²) in [5.41, 5.74) is 1.93. The first kappa shape index (κ1) is 19.6. The summed E-state index contributed by atoms with van der Waals surface area (Å²) in [5.74, 6) is -0.181. The number of phenols is 1. The minimum absolute atomic E-state index is 0.268. The number of benzene rings is 1. The van der Waals surface area contributed by atoms with Gasteiger partial charge in [0.2, 0.25) is 0 Å². The van der Waals surface area contributed by atoms with Crippen molar-refractivity contribution in [3.8, 4) is 17.0 Å². The van der Waals surface area contributed by atoms with Crippen molar-refractivity contribution in [2.45, 2.75) is 31.9 Å². The van der Waals surface area contributed by atoms with Crippen LogP contribution >= 0.6 is 0 Å². The zero-order valence-electron chi connectivity index (χ0n) is 16.2. The van der Waals surface area contributed by atoms with Crippen molar-refractivity contribution in [3.05, 3.63) is 47.3 Å². The maximum absolute atomic E-state index is 13.0. The fourth-order valence-electron chi connectivity index (χ4n) is 3.92. The average Bonchev–Trinajstić information content (AvgIpc) is 2.66. The van der Waals surface area contributed by atoms with Gasteiger partial charge >= 0.3 is 6.18 Å². The van der Waals surface area contributed by atoms with Gasteiger partial charge in [0, 0.05) is 24.2 Å². The highest BCUT2D eigenvalue weighted by atomic mass is 19.4. The van der Waals surface area contributed by atoms with Crippen molar-refractivity contribution in [1.82, 2.24) is 19.9 Å². The van der Waals surface area contributed by atoms with E-state index in [0.717, 1.165) is 43.8 Å². The van der Waals surface area contributed by atoms with Crippen molar-refractivity contribution < 1.29 is 18.3 Å². The highest BCUT2D eigenvalue weighted by Crippen LogP contribution is 2.38. The van der Waals surface area contributed by atoms with E-state index in [1.165, 1.54) is 6.92 Å². The standard InChI is InChI=1S/C21H21F3N4O/c1-12-8-14(21(22,23)24)9-18(29)19(12)15-5-6-16-20(26-15)27-17(10-25-16)13-4-3-7-28(2)11-13/h5-6,8-10,13,29H,3-4,7,11H2,1-2H3/t13-/m1/s1. The number of piperidine rings is 1. The number of alkyl halides is 3. The summed E-state index contributed by atoms with van der Waals surface area (Å²) in [7, 11) is 2.08. The van der Waals surface area contributed by atoms with E-state index in [0.29, 0.717) is 22.4 Å². The number of rotatable bonds is 2. The molecule has 1 fully saturated rings. The van der Waals surface area contributed by atoms with Crippen molar-refractivity contribution >= 4 is 11.2 Å². The summed E-state index contributed by atoms with van der Waals surface area (Å²) in [6, 6.07) is 5.10. The molecule has 1 saturated heterocycles. The number of aromatic hydroxyl groups is 1. The Bertz CT molecular complexity index is 1040. The molecule has 1 aliphatic heterocycles. The van der Waals surface area contributed by atoms with E-state index in [2.05, 4.69) is 26.9 Å². The van der Waals surface area contributed by atoms with Crippen LogP contribution < -0.4 is 0 Å². The molecule has 0 amide bonds. The van der Waals surface area contributed by atoms with Crippen LogP contribution in [-0.4, -0.2) is 45.1 Å². The van der Waals surface area contributed by atoms with E-state index in [1.807, 2.05) is 0 Å². The van der Waals surface area contributed by atoms with Gasteiger partial charge in [-0.25, -0.2) is 9.97 Å². The first-order valence-electron chi connectivity index (χ1n) is 9.46. The molecule has 1 atom stereocenters. The molecule has 0 saturated carbocycles. The van der Waals surface area contributed by atoms with Gasteiger partial charge in [-0.15, -0.1) is 0 Å². The number of likely N-dealkylation sites (tertiary alicyclic amines) is 1. The second kappa shape index (κ2) is 7.26. The Labute approximate surface area is 166 Å². The second-order valence-electron chi connectivity index (χ2n) is 7.62. The highest BCUT2D eigenvalue weighted by Gasteiger charge is 2.32. The van der Waals surface area contributed by atoms with Gasteiger partial charge in [-0.2, -0.15) is 13.2 Å². The molecule has 0 bridgehead atoms. The fraction of sp³-hybridized carbons (Fsp3) is 0.381. The van der Waals surface area contributed by atoms with Crippen LogP contribution in [0.4, 0.5) is 13.2 Å². The molecule has 4 rings (SSSR count). The predicted octanol–water partition coefficient (Wildman–Crippen LogP) is 4.53. The summed E-state index contributed by atoms with van der Waals surface area (Å²) in [6.07, 6.45) is -0.629. The number of phenolic OH excluding ortho intramolecular Hbond substituents is 1. The van der Waals surface area contributed by atoms with Crippen LogP contribution in [0.25, 0.3) is 22.4 Å². The average molecular weight is 402 g/mol. The van der Waals surface area contributed by atoms with E-state index in [-0.39, 0.29) is 11.5 Å². The van der Waals surface area contributed by atoms with Gasteiger partial charge in [0.15, 0.2) is 5.65 Å². The highest BCUT2D eigenvalue weighted by molar-refractivity contribution is 5.78. The molecule has 29 heavy (non-hydrogen) atoms. The van der Waals surface area contributed by atoms with Gasteiger partial charge in [-0.05, 0) is 63.2 Å². The normalized spacial score (nSPS) is 18.3. The van der Waals surface area contributed by atoms with E-state index >= 15 is 0 Å². The number of nitrogens with zero attached hydrogens (tertiary/aromatic N) is 4. The fourth-order valence-corrected chi connectivity index (χ4v) is 3.92. The van der Waals surface area contributed by atoms with Crippen LogP contribution in [0.1, 0.15) is 35.6 Å². The zero-order chi connectivity index (χ0) is 20.8. The Morgan fingerprint density at radius 2 is 1.97 bits per heavy atom. The lowest BCUT2D eigenvalue weighted by Crippen LogP contribution is -2.31. The molecule has 5 nitrogen and oxygen atoms in total. The van der Waals surface area contributed by atoms with Gasteiger partial charge in [-0.3, -0.25) is 4.98 Å². The molecule has 0 unspecified atom stereocenters. The Morgan fingerprint density at radius 3 is 2.66 bits per heavy atom. The van der Waals surface area contributed by atoms with Crippen LogP contribution in [0, 0.1) is 6.92 Å². The smallest absolute Gasteiger partial charge is 0.416 e. The maximum Gasteiger partial charge on any atom is 0.416 e. The summed E-state index contributed by atoms with van der Waals surface area (Å²) >= 11 is 0. The van der Waals surface area contributed by atoms with Crippen molar-refractivity contribution in [2.24, 2.45) is 0 Å². The van der Waals surface area contributed by atoms with Crippen molar-refractivity contribution in [1.29, 1.82) is 0 Å². The Hall–Kier alpha value is -2.74. The predicted molar refractivity (Wildman–Crippen MR) is 104 cm³/mol. The quantitative estimate of drug-likeness (QED) is 0.682. The number of pyridine rings is 1. The number of hydrogen-bond donors (Lipinski definition) is 1. The first-order valence-corrected chi connectivity index (χ1v) is 9.46. The van der Waals surface area contributed by atoms with Crippen LogP contribution in [0.5, 0.6) is 5.75 Å². The van der Waals surface area contributed by atoms with Gasteiger partial charge in [0.1, 0.15) is 11.3 Å². The van der Waals surface area contributed by atoms with Crippen molar-refractivity contribution in [2.75, 3.05) is 20.1 Å². The minimum atomic E-state index is -4.52. The maximum atomic E-state index is 13.0. The summed E-state index contributed by atoms with van der Waals surface area (Å²) in [6.45, 7) is 3.49. The number of halogens is 3. The summed E-state index contributed by atoms with van der Waals surface area (Å²) < 4.78 is 39.0. The molecule has 1 aromatic carbocycles. The third-order valence-corrected chi connectivity index (χ3v) is 5.37.